The number of nitrogens with zero attached hydrogens (tertiary/aromatic N) is 1. The maximum atomic E-state index is 12.3. The summed E-state index contributed by atoms with van der Waals surface area (Å²) in [5.74, 6) is 0. The van der Waals surface area contributed by atoms with Crippen molar-refractivity contribution in [2.45, 2.75) is 28.2 Å². The minimum absolute atomic E-state index is 0.104. The van der Waals surface area contributed by atoms with Crippen LogP contribution in [0.3, 0.4) is 0 Å². The smallest absolute Gasteiger partial charge is 0.207 e. The van der Waals surface area contributed by atoms with Crippen LogP contribution in [0.4, 0.5) is 0 Å². The molecule has 0 radical (unpaired) electrons. The summed E-state index contributed by atoms with van der Waals surface area (Å²) in [7, 11) is -3.29. The van der Waals surface area contributed by atoms with Crippen molar-refractivity contribution in [1.82, 2.24) is 4.31 Å². The van der Waals surface area contributed by atoms with Crippen molar-refractivity contribution >= 4 is 32.6 Å². The molecule has 0 saturated carbocycles. The molecule has 1 heterocycles. The highest BCUT2D eigenvalue weighted by atomic mass is 127. The van der Waals surface area contributed by atoms with Crippen molar-refractivity contribution in [3.8, 4) is 0 Å². The Morgan fingerprint density at radius 3 is 2.44 bits per heavy atom. The molecule has 3 nitrogen and oxygen atoms in total. The first-order valence-electron chi connectivity index (χ1n) is 5.23. The number of hydrogen-bond donors (Lipinski definition) is 0. The Morgan fingerprint density at radius 1 is 1.31 bits per heavy atom. The molecule has 1 aliphatic heterocycles. The molecule has 0 unspecified atom stereocenters. The zero-order chi connectivity index (χ0) is 11.8. The largest absolute Gasteiger partial charge is 0.243 e. The van der Waals surface area contributed by atoms with Crippen molar-refractivity contribution in [2.24, 2.45) is 0 Å². The van der Waals surface area contributed by atoms with Crippen LogP contribution in [-0.4, -0.2) is 29.2 Å². The second-order valence-corrected chi connectivity index (χ2v) is 7.72. The molecule has 0 spiro atoms. The van der Waals surface area contributed by atoms with E-state index in [4.69, 9.17) is 0 Å². The molecule has 16 heavy (non-hydrogen) atoms. The van der Waals surface area contributed by atoms with Crippen LogP contribution in [0.25, 0.3) is 0 Å². The van der Waals surface area contributed by atoms with Gasteiger partial charge in [-0.05, 0) is 25.5 Å². The van der Waals surface area contributed by atoms with E-state index >= 15 is 0 Å². The quantitative estimate of drug-likeness (QED) is 0.606. The van der Waals surface area contributed by atoms with Gasteiger partial charge in [-0.1, -0.05) is 40.8 Å². The maximum absolute atomic E-state index is 12.3. The predicted octanol–water partition coefficient (Wildman–Crippen LogP) is 2.27. The van der Waals surface area contributed by atoms with Crippen LogP contribution >= 0.6 is 22.6 Å². The number of sulfonamides is 1. The average Bonchev–Trinajstić information content (AvgIpc) is 2.60. The molecule has 0 amide bonds. The molecule has 1 fully saturated rings. The second kappa shape index (κ2) is 4.62. The van der Waals surface area contributed by atoms with Gasteiger partial charge in [-0.2, -0.15) is 4.31 Å². The zero-order valence-corrected chi connectivity index (χ0v) is 12.0. The van der Waals surface area contributed by atoms with E-state index in [0.717, 1.165) is 6.42 Å². The molecule has 1 aromatic rings. The molecule has 1 aliphatic rings. The standard InChI is InChI=1S/C11H14INO2S/c1-9-7-10(12)8-13(9)16(14,15)11-5-3-2-4-6-11/h2-6,9-10H,7-8H2,1H3/t9-,10+/m0/s1. The zero-order valence-electron chi connectivity index (χ0n) is 9.01. The van der Waals surface area contributed by atoms with Gasteiger partial charge in [0.2, 0.25) is 10.0 Å². The number of hydrogen-bond acceptors (Lipinski definition) is 2. The van der Waals surface area contributed by atoms with Crippen LogP contribution in [0, 0.1) is 0 Å². The Balaban J connectivity index is 2.34. The third-order valence-electron chi connectivity index (χ3n) is 2.82. The summed E-state index contributed by atoms with van der Waals surface area (Å²) in [6.07, 6.45) is 0.937. The summed E-state index contributed by atoms with van der Waals surface area (Å²) in [5.41, 5.74) is 0. The first kappa shape index (κ1) is 12.3. The van der Waals surface area contributed by atoms with E-state index in [1.54, 1.807) is 28.6 Å². The highest BCUT2D eigenvalue weighted by molar-refractivity contribution is 14.1. The van der Waals surface area contributed by atoms with Gasteiger partial charge < -0.3 is 0 Å². The van der Waals surface area contributed by atoms with Crippen LogP contribution < -0.4 is 0 Å². The van der Waals surface area contributed by atoms with Gasteiger partial charge in [0.25, 0.3) is 0 Å². The first-order chi connectivity index (χ1) is 7.51. The van der Waals surface area contributed by atoms with E-state index in [1.165, 1.54) is 0 Å². The summed E-state index contributed by atoms with van der Waals surface area (Å²) in [6.45, 7) is 2.60. The van der Waals surface area contributed by atoms with Crippen LogP contribution in [0.5, 0.6) is 0 Å². The third kappa shape index (κ3) is 2.26. The molecular weight excluding hydrogens is 337 g/mol. The number of halogens is 1. The highest BCUT2D eigenvalue weighted by Crippen LogP contribution is 2.29. The molecule has 88 valence electrons. The molecule has 2 rings (SSSR count). The predicted molar refractivity (Wildman–Crippen MR) is 72.2 cm³/mol. The van der Waals surface area contributed by atoms with Crippen LogP contribution in [-0.2, 0) is 10.0 Å². The van der Waals surface area contributed by atoms with E-state index in [-0.39, 0.29) is 6.04 Å². The fourth-order valence-electron chi connectivity index (χ4n) is 2.00. The van der Waals surface area contributed by atoms with Gasteiger partial charge in [0.15, 0.2) is 0 Å². The Labute approximate surface area is 110 Å². The fraction of sp³-hybridized carbons (Fsp3) is 0.455. The monoisotopic (exact) mass is 351 g/mol. The van der Waals surface area contributed by atoms with Crippen molar-refractivity contribution in [2.75, 3.05) is 6.54 Å². The summed E-state index contributed by atoms with van der Waals surface area (Å²) in [4.78, 5) is 0.396. The molecule has 2 atom stereocenters. The lowest BCUT2D eigenvalue weighted by Gasteiger charge is -2.20. The van der Waals surface area contributed by atoms with Gasteiger partial charge in [0, 0.05) is 16.5 Å². The third-order valence-corrected chi connectivity index (χ3v) is 5.71. The number of rotatable bonds is 2. The van der Waals surface area contributed by atoms with Gasteiger partial charge in [-0.3, -0.25) is 0 Å². The topological polar surface area (TPSA) is 37.4 Å². The van der Waals surface area contributed by atoms with Gasteiger partial charge in [-0.25, -0.2) is 8.42 Å². The van der Waals surface area contributed by atoms with Gasteiger partial charge in [-0.15, -0.1) is 0 Å². The molecule has 5 heteroatoms. The Morgan fingerprint density at radius 2 is 1.94 bits per heavy atom. The van der Waals surface area contributed by atoms with E-state index in [2.05, 4.69) is 22.6 Å². The summed E-state index contributed by atoms with van der Waals surface area (Å²) in [6, 6.07) is 8.76. The lowest BCUT2D eigenvalue weighted by molar-refractivity contribution is 0.408. The van der Waals surface area contributed by atoms with Crippen LogP contribution in [0.2, 0.25) is 0 Å². The van der Waals surface area contributed by atoms with Gasteiger partial charge >= 0.3 is 0 Å². The maximum Gasteiger partial charge on any atom is 0.243 e. The van der Waals surface area contributed by atoms with Gasteiger partial charge in [0.1, 0.15) is 0 Å². The molecule has 1 aromatic carbocycles. The van der Waals surface area contributed by atoms with E-state index in [9.17, 15) is 8.42 Å². The van der Waals surface area contributed by atoms with Crippen molar-refractivity contribution in [3.05, 3.63) is 30.3 Å². The lowest BCUT2D eigenvalue weighted by atomic mass is 10.3. The fourth-order valence-corrected chi connectivity index (χ4v) is 5.14. The van der Waals surface area contributed by atoms with Crippen molar-refractivity contribution < 1.29 is 8.42 Å². The summed E-state index contributed by atoms with van der Waals surface area (Å²) < 4.78 is 26.7. The number of alkyl halides is 1. The van der Waals surface area contributed by atoms with Gasteiger partial charge in [0.05, 0.1) is 4.90 Å². The van der Waals surface area contributed by atoms with E-state index in [0.29, 0.717) is 15.4 Å². The summed E-state index contributed by atoms with van der Waals surface area (Å²) in [5, 5.41) is 0. The second-order valence-electron chi connectivity index (χ2n) is 4.07. The van der Waals surface area contributed by atoms with Crippen LogP contribution in [0.15, 0.2) is 35.2 Å². The summed E-state index contributed by atoms with van der Waals surface area (Å²) >= 11 is 2.32. The van der Waals surface area contributed by atoms with Crippen LogP contribution in [0.1, 0.15) is 13.3 Å². The molecular formula is C11H14INO2S. The molecule has 1 saturated heterocycles. The molecule has 0 aromatic heterocycles. The minimum atomic E-state index is -3.29. The van der Waals surface area contributed by atoms with E-state index < -0.39 is 10.0 Å². The average molecular weight is 351 g/mol. The molecule has 0 bridgehead atoms. The molecule has 0 N–H and O–H groups in total. The van der Waals surface area contributed by atoms with E-state index in [1.807, 2.05) is 13.0 Å². The SMILES string of the molecule is C[C@H]1C[C@@H](I)CN1S(=O)(=O)c1ccccc1. The first-order valence-corrected chi connectivity index (χ1v) is 7.91. The Kier molecular flexibility index (Phi) is 3.56. The minimum Gasteiger partial charge on any atom is -0.207 e. The Bertz CT molecular complexity index is 460. The normalized spacial score (nSPS) is 27.1. The van der Waals surface area contributed by atoms with Crippen molar-refractivity contribution in [3.63, 3.8) is 0 Å². The molecule has 0 aliphatic carbocycles. The lowest BCUT2D eigenvalue weighted by Crippen LogP contribution is -2.34. The van der Waals surface area contributed by atoms with Crippen molar-refractivity contribution in [1.29, 1.82) is 0 Å². The number of benzene rings is 1. The Hall–Kier alpha value is -0.140. The highest BCUT2D eigenvalue weighted by Gasteiger charge is 2.36.